The number of para-hydroxylation sites is 1. The molecule has 0 saturated carbocycles. The molecule has 0 radical (unpaired) electrons. The number of ether oxygens (including phenoxy) is 2. The summed E-state index contributed by atoms with van der Waals surface area (Å²) in [5, 5.41) is 14.5. The molecule has 1 aromatic heterocycles. The summed E-state index contributed by atoms with van der Waals surface area (Å²) in [5.74, 6) is 0.790. The molecule has 0 amide bonds. The minimum Gasteiger partial charge on any atom is -0.496 e. The average molecular weight is 437 g/mol. The Bertz CT molecular complexity index is 1130. The first-order valence-corrected chi connectivity index (χ1v) is 9.40. The molecule has 1 aliphatic rings. The number of allylic oxidation sites excluding steroid dienone is 1. The third kappa shape index (κ3) is 2.83. The van der Waals surface area contributed by atoms with Crippen molar-refractivity contribution in [3.05, 3.63) is 81.3 Å². The first-order valence-electron chi connectivity index (χ1n) is 8.61. The zero-order chi connectivity index (χ0) is 19.8. The van der Waals surface area contributed by atoms with Crippen molar-refractivity contribution in [1.29, 1.82) is 5.26 Å². The maximum atomic E-state index is 9.82. The van der Waals surface area contributed by atoms with Crippen LogP contribution in [0.5, 0.6) is 11.6 Å². The van der Waals surface area contributed by atoms with Crippen molar-refractivity contribution >= 4 is 15.9 Å². The fourth-order valence-corrected chi connectivity index (χ4v) is 3.88. The van der Waals surface area contributed by atoms with Crippen molar-refractivity contribution in [2.24, 2.45) is 5.73 Å². The summed E-state index contributed by atoms with van der Waals surface area (Å²) in [7, 11) is 1.60. The molecule has 2 N–H and O–H groups in total. The maximum absolute atomic E-state index is 9.82. The summed E-state index contributed by atoms with van der Waals surface area (Å²) in [5.41, 5.74) is 9.71. The van der Waals surface area contributed by atoms with Crippen LogP contribution in [0.15, 0.2) is 64.5 Å². The number of nitrogens with two attached hydrogens (primary N) is 1. The molecule has 140 valence electrons. The first kappa shape index (κ1) is 18.1. The van der Waals surface area contributed by atoms with Crippen molar-refractivity contribution in [2.75, 3.05) is 7.11 Å². The predicted molar refractivity (Wildman–Crippen MR) is 108 cm³/mol. The molecule has 0 fully saturated rings. The van der Waals surface area contributed by atoms with Gasteiger partial charge in [-0.05, 0) is 37.3 Å². The Morgan fingerprint density at radius 3 is 2.68 bits per heavy atom. The summed E-state index contributed by atoms with van der Waals surface area (Å²) < 4.78 is 14.0. The SMILES string of the molecule is COc1ccc(Br)cc1C1C(C#N)=C(N)Oc2c1c(C)nn2-c1ccccc1. The third-order valence-corrected chi connectivity index (χ3v) is 5.23. The number of fused-ring (bicyclic) bond motifs is 1. The molecule has 0 saturated heterocycles. The number of nitriles is 1. The first-order chi connectivity index (χ1) is 13.5. The fraction of sp³-hybridized carbons (Fsp3) is 0.143. The highest BCUT2D eigenvalue weighted by atomic mass is 79.9. The second-order valence-electron chi connectivity index (χ2n) is 6.36. The van der Waals surface area contributed by atoms with E-state index >= 15 is 0 Å². The van der Waals surface area contributed by atoms with Crippen molar-refractivity contribution in [1.82, 2.24) is 9.78 Å². The Kier molecular flexibility index (Phi) is 4.57. The Morgan fingerprint density at radius 1 is 1.25 bits per heavy atom. The van der Waals surface area contributed by atoms with Gasteiger partial charge in [0.15, 0.2) is 0 Å². The van der Waals surface area contributed by atoms with Crippen molar-refractivity contribution in [3.63, 3.8) is 0 Å². The van der Waals surface area contributed by atoms with Crippen molar-refractivity contribution in [2.45, 2.75) is 12.8 Å². The van der Waals surface area contributed by atoms with Crippen LogP contribution in [-0.2, 0) is 0 Å². The van der Waals surface area contributed by atoms with Gasteiger partial charge in [0.2, 0.25) is 11.8 Å². The molecule has 0 aliphatic carbocycles. The van der Waals surface area contributed by atoms with E-state index in [9.17, 15) is 5.26 Å². The standard InChI is InChI=1S/C21H17BrN4O2/c1-12-18-19(15-10-13(22)8-9-17(15)27-2)16(11-23)20(24)28-21(18)26(25-12)14-6-4-3-5-7-14/h3-10,19H,24H2,1-2H3. The van der Waals surface area contributed by atoms with Gasteiger partial charge in [-0.25, -0.2) is 4.68 Å². The molecule has 0 spiro atoms. The fourth-order valence-electron chi connectivity index (χ4n) is 3.50. The molecular weight excluding hydrogens is 420 g/mol. The van der Waals surface area contributed by atoms with Gasteiger partial charge in [0.25, 0.3) is 0 Å². The van der Waals surface area contributed by atoms with Crippen LogP contribution in [0.25, 0.3) is 5.69 Å². The minimum atomic E-state index is -0.446. The molecule has 28 heavy (non-hydrogen) atoms. The van der Waals surface area contributed by atoms with Gasteiger partial charge in [-0.1, -0.05) is 34.1 Å². The van der Waals surface area contributed by atoms with Gasteiger partial charge in [0, 0.05) is 10.0 Å². The lowest BCUT2D eigenvalue weighted by Crippen LogP contribution is -2.22. The van der Waals surface area contributed by atoms with Gasteiger partial charge in [-0.15, -0.1) is 0 Å². The van der Waals surface area contributed by atoms with E-state index < -0.39 is 5.92 Å². The molecule has 1 unspecified atom stereocenters. The largest absolute Gasteiger partial charge is 0.496 e. The van der Waals surface area contributed by atoms with E-state index in [2.05, 4.69) is 27.1 Å². The molecule has 7 heteroatoms. The van der Waals surface area contributed by atoms with Gasteiger partial charge in [0.05, 0.1) is 30.0 Å². The Morgan fingerprint density at radius 2 is 2.00 bits per heavy atom. The van der Waals surface area contributed by atoms with Crippen LogP contribution in [0, 0.1) is 18.3 Å². The lowest BCUT2D eigenvalue weighted by Gasteiger charge is -2.26. The van der Waals surface area contributed by atoms with Crippen LogP contribution in [0.3, 0.4) is 0 Å². The lowest BCUT2D eigenvalue weighted by molar-refractivity contribution is 0.364. The molecular formula is C21H17BrN4O2. The van der Waals surface area contributed by atoms with Gasteiger partial charge >= 0.3 is 0 Å². The van der Waals surface area contributed by atoms with Crippen LogP contribution in [0.1, 0.15) is 22.7 Å². The number of hydrogen-bond acceptors (Lipinski definition) is 5. The molecule has 4 rings (SSSR count). The number of aromatic nitrogens is 2. The molecule has 3 aromatic rings. The summed E-state index contributed by atoms with van der Waals surface area (Å²) in [4.78, 5) is 0. The second-order valence-corrected chi connectivity index (χ2v) is 7.28. The Labute approximate surface area is 170 Å². The second kappa shape index (κ2) is 7.06. The monoisotopic (exact) mass is 436 g/mol. The highest BCUT2D eigenvalue weighted by Gasteiger charge is 2.37. The number of methoxy groups -OCH3 is 1. The zero-order valence-electron chi connectivity index (χ0n) is 15.3. The van der Waals surface area contributed by atoms with Gasteiger partial charge < -0.3 is 15.2 Å². The molecule has 1 atom stereocenters. The molecule has 6 nitrogen and oxygen atoms in total. The van der Waals surface area contributed by atoms with Gasteiger partial charge in [0.1, 0.15) is 17.4 Å². The van der Waals surface area contributed by atoms with E-state index in [0.29, 0.717) is 17.2 Å². The number of benzene rings is 2. The van der Waals surface area contributed by atoms with Crippen LogP contribution in [0.2, 0.25) is 0 Å². The number of aryl methyl sites for hydroxylation is 1. The zero-order valence-corrected chi connectivity index (χ0v) is 16.9. The van der Waals surface area contributed by atoms with E-state index in [0.717, 1.165) is 27.0 Å². The van der Waals surface area contributed by atoms with Crippen LogP contribution >= 0.6 is 15.9 Å². The minimum absolute atomic E-state index is 0.0686. The summed E-state index contributed by atoms with van der Waals surface area (Å²) in [6, 6.07) is 17.6. The molecule has 0 bridgehead atoms. The van der Waals surface area contributed by atoms with Crippen LogP contribution in [0.4, 0.5) is 0 Å². The lowest BCUT2D eigenvalue weighted by atomic mass is 9.83. The van der Waals surface area contributed by atoms with Crippen LogP contribution in [-0.4, -0.2) is 16.9 Å². The van der Waals surface area contributed by atoms with E-state index in [1.54, 1.807) is 11.8 Å². The number of rotatable bonds is 3. The maximum Gasteiger partial charge on any atom is 0.229 e. The quantitative estimate of drug-likeness (QED) is 0.665. The summed E-state index contributed by atoms with van der Waals surface area (Å²) in [6.07, 6.45) is 0. The third-order valence-electron chi connectivity index (χ3n) is 4.74. The van der Waals surface area contributed by atoms with Crippen molar-refractivity contribution < 1.29 is 9.47 Å². The summed E-state index contributed by atoms with van der Waals surface area (Å²) >= 11 is 3.51. The molecule has 1 aliphatic heterocycles. The topological polar surface area (TPSA) is 86.1 Å². The van der Waals surface area contributed by atoms with Gasteiger partial charge in [-0.2, -0.15) is 10.4 Å². The predicted octanol–water partition coefficient (Wildman–Crippen LogP) is 4.17. The van der Waals surface area contributed by atoms with E-state index in [4.69, 9.17) is 15.2 Å². The smallest absolute Gasteiger partial charge is 0.229 e. The summed E-state index contributed by atoms with van der Waals surface area (Å²) in [6.45, 7) is 1.90. The highest BCUT2D eigenvalue weighted by molar-refractivity contribution is 9.10. The Hall–Kier alpha value is -3.24. The number of nitrogens with zero attached hydrogens (tertiary/aromatic N) is 3. The molecule has 2 heterocycles. The number of halogens is 1. The normalized spacial score (nSPS) is 15.6. The van der Waals surface area contributed by atoms with Crippen LogP contribution < -0.4 is 15.2 Å². The highest BCUT2D eigenvalue weighted by Crippen LogP contribution is 2.47. The number of hydrogen-bond donors (Lipinski definition) is 1. The van der Waals surface area contributed by atoms with E-state index in [-0.39, 0.29) is 5.88 Å². The van der Waals surface area contributed by atoms with Crippen molar-refractivity contribution in [3.8, 4) is 23.4 Å². The van der Waals surface area contributed by atoms with Gasteiger partial charge in [-0.3, -0.25) is 0 Å². The molecule has 2 aromatic carbocycles. The average Bonchev–Trinajstić information content (AvgIpc) is 3.03. The van der Waals surface area contributed by atoms with E-state index in [1.807, 2.05) is 55.5 Å². The Balaban J connectivity index is 2.00. The van der Waals surface area contributed by atoms with E-state index in [1.165, 1.54) is 0 Å².